The molecule has 0 spiro atoms. The summed E-state index contributed by atoms with van der Waals surface area (Å²) in [6, 6.07) is 3.35. The highest BCUT2D eigenvalue weighted by Gasteiger charge is 2.42. The standard InChI is InChI=1S/C12H12ClF2NO/c13-6-12(4-5-12)7-16-11(17)10-8(14)2-1-3-9(10)15/h1-3H,4-7H2,(H,16,17). The second kappa shape index (κ2) is 4.61. The number of rotatable bonds is 4. The van der Waals surface area contributed by atoms with Crippen LogP contribution in [0, 0.1) is 17.0 Å². The van der Waals surface area contributed by atoms with Gasteiger partial charge in [0.15, 0.2) is 0 Å². The number of alkyl halides is 1. The van der Waals surface area contributed by atoms with Gasteiger partial charge in [0, 0.05) is 17.8 Å². The van der Waals surface area contributed by atoms with Crippen molar-refractivity contribution >= 4 is 17.5 Å². The van der Waals surface area contributed by atoms with Gasteiger partial charge in [0.2, 0.25) is 0 Å². The van der Waals surface area contributed by atoms with Crippen LogP contribution in [0.1, 0.15) is 23.2 Å². The molecule has 0 aliphatic heterocycles. The first-order chi connectivity index (χ1) is 8.08. The van der Waals surface area contributed by atoms with Crippen LogP contribution in [0.5, 0.6) is 0 Å². The van der Waals surface area contributed by atoms with E-state index in [4.69, 9.17) is 11.6 Å². The maximum absolute atomic E-state index is 13.3. The molecule has 2 rings (SSSR count). The van der Waals surface area contributed by atoms with E-state index in [0.29, 0.717) is 12.4 Å². The quantitative estimate of drug-likeness (QED) is 0.828. The van der Waals surface area contributed by atoms with Crippen LogP contribution in [-0.2, 0) is 0 Å². The van der Waals surface area contributed by atoms with E-state index in [2.05, 4.69) is 5.32 Å². The summed E-state index contributed by atoms with van der Waals surface area (Å²) in [6.45, 7) is 0.364. The van der Waals surface area contributed by atoms with Gasteiger partial charge >= 0.3 is 0 Å². The molecule has 1 aromatic carbocycles. The Balaban J connectivity index is 2.05. The van der Waals surface area contributed by atoms with Crippen LogP contribution in [0.4, 0.5) is 8.78 Å². The first-order valence-electron chi connectivity index (χ1n) is 5.36. The van der Waals surface area contributed by atoms with Gasteiger partial charge in [0.05, 0.1) is 0 Å². The van der Waals surface area contributed by atoms with Crippen LogP contribution >= 0.6 is 11.6 Å². The van der Waals surface area contributed by atoms with Gasteiger partial charge in [-0.05, 0) is 25.0 Å². The highest BCUT2D eigenvalue weighted by Crippen LogP contribution is 2.45. The van der Waals surface area contributed by atoms with Crippen molar-refractivity contribution in [1.29, 1.82) is 0 Å². The fourth-order valence-corrected chi connectivity index (χ4v) is 1.97. The molecule has 0 radical (unpaired) electrons. The molecule has 92 valence electrons. The lowest BCUT2D eigenvalue weighted by atomic mass is 10.1. The summed E-state index contributed by atoms with van der Waals surface area (Å²) >= 11 is 5.75. The Morgan fingerprint density at radius 3 is 2.41 bits per heavy atom. The third-order valence-corrected chi connectivity index (χ3v) is 3.62. The van der Waals surface area contributed by atoms with Gasteiger partial charge in [0.25, 0.3) is 5.91 Å². The van der Waals surface area contributed by atoms with Gasteiger partial charge in [-0.25, -0.2) is 8.78 Å². The van der Waals surface area contributed by atoms with E-state index in [9.17, 15) is 13.6 Å². The van der Waals surface area contributed by atoms with Crippen molar-refractivity contribution in [2.45, 2.75) is 12.8 Å². The first-order valence-corrected chi connectivity index (χ1v) is 5.90. The Morgan fingerprint density at radius 2 is 1.94 bits per heavy atom. The molecule has 1 N–H and O–H groups in total. The van der Waals surface area contributed by atoms with Gasteiger partial charge < -0.3 is 5.32 Å². The number of amides is 1. The zero-order chi connectivity index (χ0) is 12.5. The Bertz CT molecular complexity index is 426. The van der Waals surface area contributed by atoms with E-state index in [0.717, 1.165) is 25.0 Å². The molecule has 1 saturated carbocycles. The van der Waals surface area contributed by atoms with E-state index in [-0.39, 0.29) is 5.41 Å². The number of hydrogen-bond donors (Lipinski definition) is 1. The summed E-state index contributed by atoms with van der Waals surface area (Å²) in [7, 11) is 0. The normalized spacial score (nSPS) is 16.6. The lowest BCUT2D eigenvalue weighted by Crippen LogP contribution is -2.32. The molecule has 5 heteroatoms. The maximum Gasteiger partial charge on any atom is 0.257 e. The highest BCUT2D eigenvalue weighted by atomic mass is 35.5. The number of halogens is 3. The van der Waals surface area contributed by atoms with Gasteiger partial charge in [-0.3, -0.25) is 4.79 Å². The number of nitrogens with one attached hydrogen (secondary N) is 1. The van der Waals surface area contributed by atoms with Gasteiger partial charge in [-0.15, -0.1) is 11.6 Å². The molecule has 1 aromatic rings. The molecule has 0 unspecified atom stereocenters. The van der Waals surface area contributed by atoms with Crippen LogP contribution in [0.25, 0.3) is 0 Å². The minimum Gasteiger partial charge on any atom is -0.351 e. The number of carbonyl (C=O) groups excluding carboxylic acids is 1. The summed E-state index contributed by atoms with van der Waals surface area (Å²) in [6.07, 6.45) is 1.88. The van der Waals surface area contributed by atoms with Gasteiger partial charge in [-0.2, -0.15) is 0 Å². The number of benzene rings is 1. The van der Waals surface area contributed by atoms with Crippen LogP contribution in [0.2, 0.25) is 0 Å². The molecule has 2 nitrogen and oxygen atoms in total. The molecule has 17 heavy (non-hydrogen) atoms. The summed E-state index contributed by atoms with van der Waals surface area (Å²) in [4.78, 5) is 11.6. The highest BCUT2D eigenvalue weighted by molar-refractivity contribution is 6.18. The second-order valence-electron chi connectivity index (χ2n) is 4.41. The van der Waals surface area contributed by atoms with Crippen LogP contribution in [0.15, 0.2) is 18.2 Å². The van der Waals surface area contributed by atoms with Crippen molar-refractivity contribution in [3.05, 3.63) is 35.4 Å². The van der Waals surface area contributed by atoms with Crippen molar-refractivity contribution in [3.63, 3.8) is 0 Å². The van der Waals surface area contributed by atoms with Crippen molar-refractivity contribution in [1.82, 2.24) is 5.32 Å². The first kappa shape index (κ1) is 12.3. The zero-order valence-electron chi connectivity index (χ0n) is 9.10. The van der Waals surface area contributed by atoms with E-state index in [1.807, 2.05) is 0 Å². The van der Waals surface area contributed by atoms with Crippen LogP contribution in [-0.4, -0.2) is 18.3 Å². The zero-order valence-corrected chi connectivity index (χ0v) is 9.86. The SMILES string of the molecule is O=C(NCC1(CCl)CC1)c1c(F)cccc1F. The minimum absolute atomic E-state index is 0.0705. The third kappa shape index (κ3) is 2.57. The molecule has 1 fully saturated rings. The van der Waals surface area contributed by atoms with E-state index in [1.165, 1.54) is 6.07 Å². The predicted molar refractivity (Wildman–Crippen MR) is 61.1 cm³/mol. The molecule has 0 saturated heterocycles. The monoisotopic (exact) mass is 259 g/mol. The van der Waals surface area contributed by atoms with Gasteiger partial charge in [0.1, 0.15) is 17.2 Å². The Kier molecular flexibility index (Phi) is 3.33. The summed E-state index contributed by atoms with van der Waals surface area (Å²) in [5, 5.41) is 2.53. The van der Waals surface area contributed by atoms with Crippen molar-refractivity contribution < 1.29 is 13.6 Å². The maximum atomic E-state index is 13.3. The summed E-state index contributed by atoms with van der Waals surface area (Å²) in [5.41, 5.74) is -0.600. The van der Waals surface area contributed by atoms with Gasteiger partial charge in [-0.1, -0.05) is 6.07 Å². The van der Waals surface area contributed by atoms with Crippen molar-refractivity contribution in [2.24, 2.45) is 5.41 Å². The molecule has 0 heterocycles. The fourth-order valence-electron chi connectivity index (χ4n) is 1.61. The topological polar surface area (TPSA) is 29.1 Å². The molecule has 1 aliphatic rings. The smallest absolute Gasteiger partial charge is 0.257 e. The van der Waals surface area contributed by atoms with Crippen LogP contribution in [0.3, 0.4) is 0 Å². The van der Waals surface area contributed by atoms with Crippen LogP contribution < -0.4 is 5.32 Å². The van der Waals surface area contributed by atoms with Crippen molar-refractivity contribution in [2.75, 3.05) is 12.4 Å². The summed E-state index contributed by atoms with van der Waals surface area (Å²) < 4.78 is 26.6. The Labute approximate surface area is 103 Å². The molecule has 0 aromatic heterocycles. The lowest BCUT2D eigenvalue weighted by molar-refractivity contribution is 0.0938. The third-order valence-electron chi connectivity index (χ3n) is 3.05. The minimum atomic E-state index is -0.849. The predicted octanol–water partition coefficient (Wildman–Crippen LogP) is 2.71. The number of carbonyl (C=O) groups is 1. The fraction of sp³-hybridized carbons (Fsp3) is 0.417. The van der Waals surface area contributed by atoms with E-state index >= 15 is 0 Å². The van der Waals surface area contributed by atoms with E-state index in [1.54, 1.807) is 0 Å². The molecule has 0 bridgehead atoms. The Morgan fingerprint density at radius 1 is 1.35 bits per heavy atom. The molecule has 1 amide bonds. The van der Waals surface area contributed by atoms with Crippen molar-refractivity contribution in [3.8, 4) is 0 Å². The molecular formula is C12H12ClF2NO. The number of hydrogen-bond acceptors (Lipinski definition) is 1. The second-order valence-corrected chi connectivity index (χ2v) is 4.68. The summed E-state index contributed by atoms with van der Waals surface area (Å²) in [5.74, 6) is -1.97. The molecule has 0 atom stereocenters. The average molecular weight is 260 g/mol. The molecule has 1 aliphatic carbocycles. The Hall–Kier alpha value is -1.16. The van der Waals surface area contributed by atoms with E-state index < -0.39 is 23.1 Å². The average Bonchev–Trinajstić information content (AvgIpc) is 3.07. The largest absolute Gasteiger partial charge is 0.351 e. The lowest BCUT2D eigenvalue weighted by Gasteiger charge is -2.12. The molecular weight excluding hydrogens is 248 g/mol.